The number of hydrogen-bond acceptors (Lipinski definition) is 6. The fraction of sp³-hybridized carbons (Fsp3) is 0.836. The lowest BCUT2D eigenvalue weighted by atomic mass is 10.0. The monoisotopic (exact) mass is 1020 g/mol. The van der Waals surface area contributed by atoms with Gasteiger partial charge in [0.1, 0.15) is 13.2 Å². The van der Waals surface area contributed by atoms with Gasteiger partial charge >= 0.3 is 17.9 Å². The van der Waals surface area contributed by atoms with E-state index in [1.54, 1.807) is 0 Å². The summed E-state index contributed by atoms with van der Waals surface area (Å²) in [6.45, 7) is 6.65. The molecule has 6 nitrogen and oxygen atoms in total. The summed E-state index contributed by atoms with van der Waals surface area (Å²) in [5, 5.41) is 0. The molecule has 0 radical (unpaired) electrons. The molecule has 1 atom stereocenters. The molecule has 0 spiro atoms. The highest BCUT2D eigenvalue weighted by Crippen LogP contribution is 2.17. The molecule has 0 amide bonds. The number of carbonyl (C=O) groups excluding carboxylic acids is 3. The average Bonchev–Trinajstić information content (AvgIpc) is 3.39. The Morgan fingerprint density at radius 1 is 0.274 bits per heavy atom. The van der Waals surface area contributed by atoms with Gasteiger partial charge in [-0.25, -0.2) is 0 Å². The zero-order valence-corrected chi connectivity index (χ0v) is 48.9. The fourth-order valence-electron chi connectivity index (χ4n) is 9.45. The van der Waals surface area contributed by atoms with E-state index >= 15 is 0 Å². The highest BCUT2D eigenvalue weighted by molar-refractivity contribution is 5.71. The van der Waals surface area contributed by atoms with Crippen molar-refractivity contribution in [1.29, 1.82) is 0 Å². The molecular weight excluding hydrogens is 901 g/mol. The van der Waals surface area contributed by atoms with E-state index in [1.165, 1.54) is 231 Å². The van der Waals surface area contributed by atoms with E-state index < -0.39 is 6.10 Å². The molecule has 1 unspecified atom stereocenters. The summed E-state index contributed by atoms with van der Waals surface area (Å²) in [4.78, 5) is 38.3. The van der Waals surface area contributed by atoms with Crippen LogP contribution >= 0.6 is 0 Å². The Kier molecular flexibility index (Phi) is 59.7. The largest absolute Gasteiger partial charge is 0.462 e. The maximum Gasteiger partial charge on any atom is 0.306 e. The first-order valence-electron chi connectivity index (χ1n) is 32.1. The van der Waals surface area contributed by atoms with E-state index in [4.69, 9.17) is 14.2 Å². The quantitative estimate of drug-likeness (QED) is 0.0261. The van der Waals surface area contributed by atoms with Crippen LogP contribution in [0.4, 0.5) is 0 Å². The molecule has 0 aromatic heterocycles. The number of ether oxygens (including phenoxy) is 3. The van der Waals surface area contributed by atoms with Crippen LogP contribution in [0.3, 0.4) is 0 Å². The van der Waals surface area contributed by atoms with Crippen molar-refractivity contribution in [1.82, 2.24) is 0 Å². The molecule has 0 aliphatic heterocycles. The number of carbonyl (C=O) groups is 3. The summed E-state index contributed by atoms with van der Waals surface area (Å²) in [6.07, 6.45) is 76.8. The van der Waals surface area contributed by atoms with Gasteiger partial charge in [0.2, 0.25) is 0 Å². The van der Waals surface area contributed by atoms with Crippen LogP contribution in [0, 0.1) is 0 Å². The number of hydrogen-bond donors (Lipinski definition) is 0. The fourth-order valence-corrected chi connectivity index (χ4v) is 9.45. The molecule has 0 rings (SSSR count). The van der Waals surface area contributed by atoms with E-state index in [0.29, 0.717) is 19.3 Å². The zero-order chi connectivity index (χ0) is 52.9. The highest BCUT2D eigenvalue weighted by Gasteiger charge is 2.19. The Morgan fingerprint density at radius 2 is 0.493 bits per heavy atom. The molecule has 0 aliphatic carbocycles. The minimum Gasteiger partial charge on any atom is -0.462 e. The maximum atomic E-state index is 12.9. The summed E-state index contributed by atoms with van der Waals surface area (Å²) in [6, 6.07) is 0. The minimum atomic E-state index is -0.774. The predicted octanol–water partition coefficient (Wildman–Crippen LogP) is 21.8. The van der Waals surface area contributed by atoms with Gasteiger partial charge in [0.25, 0.3) is 0 Å². The van der Waals surface area contributed by atoms with Crippen molar-refractivity contribution in [3.8, 4) is 0 Å². The molecule has 0 heterocycles. The third kappa shape index (κ3) is 60.1. The molecule has 0 aromatic rings. The Hall–Kier alpha value is -2.63. The summed E-state index contributed by atoms with van der Waals surface area (Å²) in [5.74, 6) is -0.857. The van der Waals surface area contributed by atoms with Crippen molar-refractivity contribution in [2.24, 2.45) is 0 Å². The molecule has 6 heteroatoms. The van der Waals surface area contributed by atoms with Gasteiger partial charge < -0.3 is 14.2 Å². The molecular formula is C67H122O6. The van der Waals surface area contributed by atoms with Gasteiger partial charge in [0.15, 0.2) is 6.10 Å². The van der Waals surface area contributed by atoms with Gasteiger partial charge in [-0.2, -0.15) is 0 Å². The van der Waals surface area contributed by atoms with Crippen LogP contribution in [-0.2, 0) is 28.6 Å². The van der Waals surface area contributed by atoms with E-state index in [2.05, 4.69) is 69.4 Å². The standard InChI is InChI=1S/C67H122O6/c1-4-7-10-13-16-19-22-25-27-29-31-32-33-34-36-37-39-42-45-48-51-54-57-60-66(69)72-63-64(62-71-65(68)59-56-53-50-47-44-41-24-21-18-15-12-9-6-3)73-67(70)61-58-55-52-49-46-43-40-38-35-30-28-26-23-20-17-14-11-8-5-2/h17,20,22,25-26,28-29,31,64H,4-16,18-19,21,23-24,27,30,32-63H2,1-3H3/b20-17-,25-22-,28-26-,31-29-. The first-order chi connectivity index (χ1) is 36.0. The third-order valence-electron chi connectivity index (χ3n) is 14.3. The lowest BCUT2D eigenvalue weighted by Gasteiger charge is -2.18. The van der Waals surface area contributed by atoms with Crippen LogP contribution in [0.15, 0.2) is 48.6 Å². The van der Waals surface area contributed by atoms with Gasteiger partial charge in [0.05, 0.1) is 0 Å². The first-order valence-corrected chi connectivity index (χ1v) is 32.1. The van der Waals surface area contributed by atoms with Crippen molar-refractivity contribution in [2.45, 2.75) is 348 Å². The molecule has 0 bridgehead atoms. The SMILES string of the molecule is CCCCC/C=C\C/C=C\CCCCCCCCCCCC(=O)OC(COC(=O)CCCCCCCCCCCCC/C=C\C/C=C\CCCCCCC)COC(=O)CCCCCCCCCCCCCCC. The average molecular weight is 1020 g/mol. The van der Waals surface area contributed by atoms with Gasteiger partial charge in [0, 0.05) is 19.3 Å². The summed E-state index contributed by atoms with van der Waals surface area (Å²) in [5.41, 5.74) is 0. The number of esters is 3. The molecule has 0 saturated carbocycles. The summed E-state index contributed by atoms with van der Waals surface area (Å²) >= 11 is 0. The van der Waals surface area contributed by atoms with Crippen LogP contribution < -0.4 is 0 Å². The van der Waals surface area contributed by atoms with Gasteiger partial charge in [-0.3, -0.25) is 14.4 Å². The summed E-state index contributed by atoms with van der Waals surface area (Å²) in [7, 11) is 0. The molecule has 426 valence electrons. The van der Waals surface area contributed by atoms with Crippen LogP contribution in [0.1, 0.15) is 342 Å². The van der Waals surface area contributed by atoms with E-state index in [-0.39, 0.29) is 31.1 Å². The molecule has 0 aromatic carbocycles. The Bertz CT molecular complexity index is 1270. The topological polar surface area (TPSA) is 78.9 Å². The lowest BCUT2D eigenvalue weighted by Crippen LogP contribution is -2.30. The Labute approximate surface area is 454 Å². The van der Waals surface area contributed by atoms with Crippen LogP contribution in [0.5, 0.6) is 0 Å². The van der Waals surface area contributed by atoms with Gasteiger partial charge in [-0.15, -0.1) is 0 Å². The van der Waals surface area contributed by atoms with Gasteiger partial charge in [-0.05, 0) is 83.5 Å². The highest BCUT2D eigenvalue weighted by atomic mass is 16.6. The smallest absolute Gasteiger partial charge is 0.306 e. The maximum absolute atomic E-state index is 12.9. The van der Waals surface area contributed by atoms with Crippen LogP contribution in [-0.4, -0.2) is 37.2 Å². The number of unbranched alkanes of at least 4 members (excludes halogenated alkanes) is 40. The van der Waals surface area contributed by atoms with Crippen molar-refractivity contribution < 1.29 is 28.6 Å². The van der Waals surface area contributed by atoms with Crippen LogP contribution in [0.2, 0.25) is 0 Å². The van der Waals surface area contributed by atoms with E-state index in [1.807, 2.05) is 0 Å². The second kappa shape index (κ2) is 61.9. The van der Waals surface area contributed by atoms with E-state index in [9.17, 15) is 14.4 Å². The Balaban J connectivity index is 4.30. The predicted molar refractivity (Wildman–Crippen MR) is 316 cm³/mol. The molecule has 0 saturated heterocycles. The van der Waals surface area contributed by atoms with Gasteiger partial charge in [-0.1, -0.05) is 288 Å². The molecule has 0 aliphatic rings. The first kappa shape index (κ1) is 70.4. The summed E-state index contributed by atoms with van der Waals surface area (Å²) < 4.78 is 16.9. The Morgan fingerprint density at radius 3 is 0.781 bits per heavy atom. The lowest BCUT2D eigenvalue weighted by molar-refractivity contribution is -0.167. The normalized spacial score (nSPS) is 12.3. The van der Waals surface area contributed by atoms with Crippen molar-refractivity contribution >= 4 is 17.9 Å². The second-order valence-corrected chi connectivity index (χ2v) is 21.7. The van der Waals surface area contributed by atoms with Crippen molar-refractivity contribution in [3.63, 3.8) is 0 Å². The number of rotatable bonds is 59. The van der Waals surface area contributed by atoms with E-state index in [0.717, 1.165) is 70.6 Å². The molecule has 0 N–H and O–H groups in total. The second-order valence-electron chi connectivity index (χ2n) is 21.7. The minimum absolute atomic E-state index is 0.0715. The molecule has 0 fully saturated rings. The zero-order valence-electron chi connectivity index (χ0n) is 48.9. The van der Waals surface area contributed by atoms with Crippen LogP contribution in [0.25, 0.3) is 0 Å². The number of allylic oxidation sites excluding steroid dienone is 8. The van der Waals surface area contributed by atoms with Crippen molar-refractivity contribution in [3.05, 3.63) is 48.6 Å². The molecule has 73 heavy (non-hydrogen) atoms. The van der Waals surface area contributed by atoms with Crippen molar-refractivity contribution in [2.75, 3.05) is 13.2 Å². The third-order valence-corrected chi connectivity index (χ3v) is 14.3.